The van der Waals surface area contributed by atoms with E-state index in [1.165, 1.54) is 41.3 Å². The number of alkyl halides is 6. The first-order valence-corrected chi connectivity index (χ1v) is 9.84. The lowest BCUT2D eigenvalue weighted by Crippen LogP contribution is -2.26. The molecular weight excluding hydrogens is 478 g/mol. The van der Waals surface area contributed by atoms with E-state index in [1.807, 2.05) is 6.07 Å². The minimum Gasteiger partial charge on any atom is -0.349 e. The molecule has 0 radical (unpaired) electrons. The fraction of sp³-hybridized carbons (Fsp3) is 0.238. The lowest BCUT2D eigenvalue weighted by Gasteiger charge is -2.27. The predicted octanol–water partition coefficient (Wildman–Crippen LogP) is 4.71. The minimum absolute atomic E-state index is 0.0374. The highest BCUT2D eigenvalue weighted by Gasteiger charge is 2.39. The first-order valence-electron chi connectivity index (χ1n) is 9.84. The van der Waals surface area contributed by atoms with Crippen molar-refractivity contribution in [2.75, 3.05) is 11.9 Å². The second-order valence-electron chi connectivity index (χ2n) is 7.45. The van der Waals surface area contributed by atoms with Crippen molar-refractivity contribution in [2.45, 2.75) is 25.3 Å². The van der Waals surface area contributed by atoms with Crippen LogP contribution in [-0.2, 0) is 12.4 Å². The van der Waals surface area contributed by atoms with E-state index in [1.54, 1.807) is 6.92 Å². The van der Waals surface area contributed by atoms with Crippen LogP contribution >= 0.6 is 0 Å². The maximum atomic E-state index is 13.6. The topological polar surface area (TPSA) is 96.4 Å². The fourth-order valence-corrected chi connectivity index (χ4v) is 3.46. The fourth-order valence-electron chi connectivity index (χ4n) is 3.46. The second-order valence-corrected chi connectivity index (χ2v) is 7.45. The molecule has 0 saturated heterocycles. The molecule has 0 amide bonds. The molecule has 3 heterocycles. The predicted molar refractivity (Wildman–Crippen MR) is 110 cm³/mol. The van der Waals surface area contributed by atoms with Crippen LogP contribution in [0.15, 0.2) is 43.1 Å². The Morgan fingerprint density at radius 2 is 1.71 bits per heavy atom. The SMILES string of the molecule is C[C@H](c1ncnn1-c1ccc(C#N)cn1)N(C)c1ncnc2c(C(F)(F)F)cc(C(F)(F)F)cc12. The van der Waals surface area contributed by atoms with E-state index in [0.29, 0.717) is 17.4 Å². The van der Waals surface area contributed by atoms with Crippen LogP contribution in [0.5, 0.6) is 0 Å². The van der Waals surface area contributed by atoms with Crippen LogP contribution in [0.1, 0.15) is 35.5 Å². The summed E-state index contributed by atoms with van der Waals surface area (Å²) in [5.41, 5.74) is -3.34. The monoisotopic (exact) mass is 492 g/mol. The quantitative estimate of drug-likeness (QED) is 0.381. The molecule has 0 aliphatic carbocycles. The zero-order valence-electron chi connectivity index (χ0n) is 18.0. The number of anilines is 1. The number of hydrogen-bond donors (Lipinski definition) is 0. The highest BCUT2D eigenvalue weighted by molar-refractivity contribution is 5.92. The standard InChI is InChI=1S/C21H14F6N8/c1-11(18-32-10-33-35(18)16-4-3-12(7-28)8-29-16)34(2)19-14-5-13(20(22,23)24)6-15(21(25,26)27)17(14)30-9-31-19/h3-6,8-11H,1-2H3/t11-/m1/s1. The van der Waals surface area contributed by atoms with Crippen molar-refractivity contribution in [2.24, 2.45) is 0 Å². The van der Waals surface area contributed by atoms with Crippen LogP contribution in [0.4, 0.5) is 32.2 Å². The molecule has 1 atom stereocenters. The van der Waals surface area contributed by atoms with Crippen LogP contribution in [0.25, 0.3) is 16.7 Å². The van der Waals surface area contributed by atoms with E-state index in [-0.39, 0.29) is 17.7 Å². The maximum absolute atomic E-state index is 13.6. The summed E-state index contributed by atoms with van der Waals surface area (Å²) in [5, 5.41) is 12.6. The smallest absolute Gasteiger partial charge is 0.349 e. The molecule has 0 saturated carbocycles. The van der Waals surface area contributed by atoms with Crippen LogP contribution in [0, 0.1) is 11.3 Å². The third-order valence-electron chi connectivity index (χ3n) is 5.31. The van der Waals surface area contributed by atoms with Gasteiger partial charge in [-0.1, -0.05) is 0 Å². The van der Waals surface area contributed by atoms with Crippen molar-refractivity contribution in [1.82, 2.24) is 29.7 Å². The van der Waals surface area contributed by atoms with Gasteiger partial charge in [0, 0.05) is 18.6 Å². The minimum atomic E-state index is -5.07. The Labute approximate surface area is 193 Å². The Morgan fingerprint density at radius 1 is 0.971 bits per heavy atom. The van der Waals surface area contributed by atoms with E-state index in [2.05, 4.69) is 25.0 Å². The van der Waals surface area contributed by atoms with Crippen molar-refractivity contribution in [3.05, 3.63) is 65.6 Å². The van der Waals surface area contributed by atoms with Crippen LogP contribution in [-0.4, -0.2) is 36.8 Å². The Morgan fingerprint density at radius 3 is 2.31 bits per heavy atom. The number of fused-ring (bicyclic) bond motifs is 1. The van der Waals surface area contributed by atoms with Gasteiger partial charge in [-0.3, -0.25) is 0 Å². The van der Waals surface area contributed by atoms with Gasteiger partial charge in [-0.05, 0) is 31.2 Å². The molecule has 4 rings (SSSR count). The molecule has 180 valence electrons. The third-order valence-corrected chi connectivity index (χ3v) is 5.31. The van der Waals surface area contributed by atoms with Crippen molar-refractivity contribution in [3.63, 3.8) is 0 Å². The Bertz CT molecular complexity index is 1420. The highest BCUT2D eigenvalue weighted by Crippen LogP contribution is 2.41. The highest BCUT2D eigenvalue weighted by atomic mass is 19.4. The first-order chi connectivity index (χ1) is 16.4. The Hall–Kier alpha value is -4.28. The second kappa shape index (κ2) is 8.49. The lowest BCUT2D eigenvalue weighted by molar-refractivity contribution is -0.142. The van der Waals surface area contributed by atoms with Crippen LogP contribution < -0.4 is 4.90 Å². The molecule has 8 nitrogen and oxygen atoms in total. The normalized spacial score (nSPS) is 13.0. The molecule has 0 aliphatic rings. The summed E-state index contributed by atoms with van der Waals surface area (Å²) >= 11 is 0. The average Bonchev–Trinajstić information content (AvgIpc) is 3.30. The number of rotatable bonds is 4. The molecule has 14 heteroatoms. The molecular formula is C21H14F6N8. The van der Waals surface area contributed by atoms with E-state index in [0.717, 1.165) is 6.33 Å². The van der Waals surface area contributed by atoms with Gasteiger partial charge in [0.2, 0.25) is 0 Å². The first kappa shape index (κ1) is 23.9. The molecule has 0 spiro atoms. The summed E-state index contributed by atoms with van der Waals surface area (Å²) in [6, 6.07) is 4.87. The number of benzene rings is 1. The molecule has 0 unspecified atom stereocenters. The van der Waals surface area contributed by atoms with Gasteiger partial charge in [-0.2, -0.15) is 41.4 Å². The van der Waals surface area contributed by atoms with E-state index in [4.69, 9.17) is 5.26 Å². The maximum Gasteiger partial charge on any atom is 0.418 e. The number of nitrogens with zero attached hydrogens (tertiary/aromatic N) is 8. The molecule has 4 aromatic rings. The molecule has 0 N–H and O–H groups in total. The number of aromatic nitrogens is 6. The van der Waals surface area contributed by atoms with E-state index < -0.39 is 40.4 Å². The van der Waals surface area contributed by atoms with Gasteiger partial charge >= 0.3 is 12.4 Å². The third kappa shape index (κ3) is 4.44. The Kier molecular flexibility index (Phi) is 5.79. The molecule has 1 aromatic carbocycles. The number of nitriles is 1. The van der Waals surface area contributed by atoms with Crippen LogP contribution in [0.3, 0.4) is 0 Å². The van der Waals surface area contributed by atoms with Gasteiger partial charge in [0.25, 0.3) is 0 Å². The molecule has 3 aromatic heterocycles. The number of pyridine rings is 1. The summed E-state index contributed by atoms with van der Waals surface area (Å²) in [4.78, 5) is 17.3. The average molecular weight is 492 g/mol. The largest absolute Gasteiger partial charge is 0.418 e. The van der Waals surface area contributed by atoms with Crippen molar-refractivity contribution < 1.29 is 26.3 Å². The van der Waals surface area contributed by atoms with Crippen LogP contribution in [0.2, 0.25) is 0 Å². The molecule has 0 fully saturated rings. The lowest BCUT2D eigenvalue weighted by atomic mass is 10.0. The summed E-state index contributed by atoms with van der Waals surface area (Å²) in [5.74, 6) is 0.420. The zero-order valence-corrected chi connectivity index (χ0v) is 18.0. The summed E-state index contributed by atoms with van der Waals surface area (Å²) < 4.78 is 82.4. The van der Waals surface area contributed by atoms with Gasteiger partial charge in [0.15, 0.2) is 11.6 Å². The summed E-state index contributed by atoms with van der Waals surface area (Å²) in [7, 11) is 1.45. The van der Waals surface area contributed by atoms with Crippen molar-refractivity contribution in [3.8, 4) is 11.9 Å². The molecule has 35 heavy (non-hydrogen) atoms. The van der Waals surface area contributed by atoms with Gasteiger partial charge in [-0.15, -0.1) is 0 Å². The van der Waals surface area contributed by atoms with Gasteiger partial charge in [-0.25, -0.2) is 19.9 Å². The number of halogens is 6. The number of hydrogen-bond acceptors (Lipinski definition) is 7. The van der Waals surface area contributed by atoms with E-state index >= 15 is 0 Å². The molecule has 0 bridgehead atoms. The van der Waals surface area contributed by atoms with Gasteiger partial charge in [0.1, 0.15) is 24.5 Å². The van der Waals surface area contributed by atoms with Gasteiger partial charge < -0.3 is 4.90 Å². The zero-order chi connectivity index (χ0) is 25.5. The summed E-state index contributed by atoms with van der Waals surface area (Å²) in [6.45, 7) is 1.62. The van der Waals surface area contributed by atoms with Crippen molar-refractivity contribution >= 4 is 16.7 Å². The van der Waals surface area contributed by atoms with Crippen molar-refractivity contribution in [1.29, 1.82) is 5.26 Å². The summed E-state index contributed by atoms with van der Waals surface area (Å²) in [6.07, 6.45) is -6.69. The van der Waals surface area contributed by atoms with E-state index in [9.17, 15) is 26.3 Å². The van der Waals surface area contributed by atoms with Gasteiger partial charge in [0.05, 0.1) is 28.2 Å². The Balaban J connectivity index is 1.83. The molecule has 0 aliphatic heterocycles.